The molecule has 0 aromatic carbocycles. The van der Waals surface area contributed by atoms with Crippen molar-refractivity contribution in [1.29, 1.82) is 0 Å². The topological polar surface area (TPSA) is 84.5 Å². The maximum absolute atomic E-state index is 12.5. The Hall–Kier alpha value is -2.67. The van der Waals surface area contributed by atoms with Crippen LogP contribution in [-0.2, 0) is 16.0 Å². The molecule has 1 aliphatic rings. The fourth-order valence-electron chi connectivity index (χ4n) is 3.20. The van der Waals surface area contributed by atoms with E-state index in [1.165, 1.54) is 24.5 Å². The van der Waals surface area contributed by atoms with Crippen LogP contribution in [0.5, 0.6) is 0 Å². The highest BCUT2D eigenvalue weighted by Crippen LogP contribution is 2.20. The van der Waals surface area contributed by atoms with E-state index in [9.17, 15) is 14.8 Å². The highest BCUT2D eigenvalue weighted by molar-refractivity contribution is 6.00. The van der Waals surface area contributed by atoms with Crippen molar-refractivity contribution in [2.45, 2.75) is 39.3 Å². The largest absolute Gasteiger partial charge is 0.619 e. The van der Waals surface area contributed by atoms with Crippen molar-refractivity contribution in [3.63, 3.8) is 0 Å². The number of rotatable bonds is 6. The summed E-state index contributed by atoms with van der Waals surface area (Å²) in [7, 11) is 0. The Balaban J connectivity index is 1.64. The zero-order chi connectivity index (χ0) is 18.7. The van der Waals surface area contributed by atoms with Crippen LogP contribution in [0.4, 0.5) is 0 Å². The van der Waals surface area contributed by atoms with Crippen molar-refractivity contribution in [2.24, 2.45) is 0 Å². The Kier molecular flexibility index (Phi) is 5.37. The van der Waals surface area contributed by atoms with Crippen LogP contribution in [0.3, 0.4) is 0 Å². The molecular formula is C19H22N2O5. The van der Waals surface area contributed by atoms with E-state index in [4.69, 9.17) is 9.47 Å². The molecule has 1 aliphatic heterocycles. The molecule has 26 heavy (non-hydrogen) atoms. The minimum atomic E-state index is -0.632. The Morgan fingerprint density at radius 2 is 2.08 bits per heavy atom. The molecule has 138 valence electrons. The van der Waals surface area contributed by atoms with Gasteiger partial charge >= 0.3 is 5.97 Å². The average Bonchev–Trinajstić information content (AvgIpc) is 3.24. The van der Waals surface area contributed by atoms with Crippen molar-refractivity contribution in [3.05, 3.63) is 58.3 Å². The molecule has 7 nitrogen and oxygen atoms in total. The lowest BCUT2D eigenvalue weighted by Gasteiger charge is -2.14. The van der Waals surface area contributed by atoms with Gasteiger partial charge in [-0.1, -0.05) is 0 Å². The second-order valence-electron chi connectivity index (χ2n) is 6.48. The Bertz CT molecular complexity index is 804. The molecule has 0 spiro atoms. The van der Waals surface area contributed by atoms with E-state index in [1.807, 2.05) is 19.9 Å². The third-order valence-electron chi connectivity index (χ3n) is 4.66. The van der Waals surface area contributed by atoms with Crippen LogP contribution in [0.1, 0.15) is 44.9 Å². The lowest BCUT2D eigenvalue weighted by atomic mass is 10.1. The number of pyridine rings is 1. The van der Waals surface area contributed by atoms with Crippen LogP contribution in [0.15, 0.2) is 30.6 Å². The minimum Gasteiger partial charge on any atom is -0.619 e. The first-order chi connectivity index (χ1) is 12.5. The number of carbonyl (C=O) groups is 2. The van der Waals surface area contributed by atoms with Crippen LogP contribution < -0.4 is 4.73 Å². The maximum Gasteiger partial charge on any atom is 0.339 e. The summed E-state index contributed by atoms with van der Waals surface area (Å²) in [6.45, 7) is 5.02. The maximum atomic E-state index is 12.5. The number of esters is 1. The van der Waals surface area contributed by atoms with Gasteiger partial charge in [0.05, 0.1) is 11.7 Å². The summed E-state index contributed by atoms with van der Waals surface area (Å²) in [5, 5.41) is 11.0. The fourth-order valence-corrected chi connectivity index (χ4v) is 3.20. The Morgan fingerprint density at radius 1 is 1.35 bits per heavy atom. The van der Waals surface area contributed by atoms with Crippen LogP contribution in [0.2, 0.25) is 0 Å². The Labute approximate surface area is 151 Å². The highest BCUT2D eigenvalue weighted by Gasteiger charge is 2.22. The van der Waals surface area contributed by atoms with Gasteiger partial charge < -0.3 is 19.2 Å². The van der Waals surface area contributed by atoms with Crippen molar-refractivity contribution < 1.29 is 23.8 Å². The van der Waals surface area contributed by atoms with Crippen LogP contribution in [0.25, 0.3) is 0 Å². The number of ketones is 1. The van der Waals surface area contributed by atoms with Gasteiger partial charge in [0.2, 0.25) is 5.78 Å². The molecule has 1 fully saturated rings. The minimum absolute atomic E-state index is 0.183. The summed E-state index contributed by atoms with van der Waals surface area (Å²) in [5.41, 5.74) is 2.62. The second-order valence-corrected chi connectivity index (χ2v) is 6.48. The molecule has 1 saturated heterocycles. The highest BCUT2D eigenvalue weighted by atomic mass is 16.5. The third kappa shape index (κ3) is 3.94. The summed E-state index contributed by atoms with van der Waals surface area (Å²) >= 11 is 0. The number of hydrogen-bond donors (Lipinski definition) is 0. The number of carbonyl (C=O) groups excluding carboxylic acids is 2. The van der Waals surface area contributed by atoms with E-state index in [-0.39, 0.29) is 24.1 Å². The molecule has 0 unspecified atom stereocenters. The van der Waals surface area contributed by atoms with Crippen molar-refractivity contribution in [2.75, 3.05) is 13.2 Å². The molecule has 7 heteroatoms. The van der Waals surface area contributed by atoms with Gasteiger partial charge in [-0.3, -0.25) is 4.79 Å². The van der Waals surface area contributed by atoms with Gasteiger partial charge in [-0.15, -0.1) is 0 Å². The predicted octanol–water partition coefficient (Wildman–Crippen LogP) is 1.96. The number of nitrogens with zero attached hydrogens (tertiary/aromatic N) is 2. The van der Waals surface area contributed by atoms with Gasteiger partial charge in [0, 0.05) is 42.2 Å². The molecule has 3 heterocycles. The molecule has 2 aromatic rings. The van der Waals surface area contributed by atoms with Gasteiger partial charge in [-0.25, -0.2) is 4.79 Å². The average molecular weight is 358 g/mol. The summed E-state index contributed by atoms with van der Waals surface area (Å²) in [5.74, 6) is -0.882. The number of aromatic nitrogens is 2. The van der Waals surface area contributed by atoms with E-state index < -0.39 is 5.97 Å². The SMILES string of the molecule is Cc1cc(C(=O)COC(=O)c2cc[n+]([O-])cc2)c(C)n1C[C@@H]1CCCO1. The van der Waals surface area contributed by atoms with Crippen LogP contribution in [0, 0.1) is 19.1 Å². The second kappa shape index (κ2) is 7.70. The quantitative estimate of drug-likeness (QED) is 0.341. The molecule has 1 atom stereocenters. The zero-order valence-corrected chi connectivity index (χ0v) is 14.9. The first-order valence-corrected chi connectivity index (χ1v) is 8.63. The van der Waals surface area contributed by atoms with Crippen molar-refractivity contribution in [3.8, 4) is 0 Å². The van der Waals surface area contributed by atoms with Crippen molar-refractivity contribution in [1.82, 2.24) is 4.57 Å². The summed E-state index contributed by atoms with van der Waals surface area (Å²) in [4.78, 5) is 24.5. The number of aryl methyl sites for hydroxylation is 1. The van der Waals surface area contributed by atoms with Gasteiger partial charge in [0.15, 0.2) is 19.0 Å². The molecule has 0 saturated carbocycles. The summed E-state index contributed by atoms with van der Waals surface area (Å²) in [6, 6.07) is 4.53. The zero-order valence-electron chi connectivity index (χ0n) is 14.9. The van der Waals surface area contributed by atoms with Gasteiger partial charge in [0.25, 0.3) is 0 Å². The van der Waals surface area contributed by atoms with E-state index in [1.54, 1.807) is 0 Å². The summed E-state index contributed by atoms with van der Waals surface area (Å²) in [6.07, 6.45) is 4.69. The number of ether oxygens (including phenoxy) is 2. The van der Waals surface area contributed by atoms with Crippen LogP contribution in [-0.4, -0.2) is 35.6 Å². The molecule has 0 N–H and O–H groups in total. The molecule has 3 rings (SSSR count). The fraction of sp³-hybridized carbons (Fsp3) is 0.421. The predicted molar refractivity (Wildman–Crippen MR) is 92.9 cm³/mol. The molecular weight excluding hydrogens is 336 g/mol. The van der Waals surface area contributed by atoms with Gasteiger partial charge in [-0.05, 0) is 32.8 Å². The van der Waals surface area contributed by atoms with Gasteiger partial charge in [-0.2, -0.15) is 4.73 Å². The third-order valence-corrected chi connectivity index (χ3v) is 4.66. The molecule has 0 radical (unpaired) electrons. The number of Topliss-reactive ketones (excluding diaryl/α,β-unsaturated/α-hetero) is 1. The van der Waals surface area contributed by atoms with Gasteiger partial charge in [0.1, 0.15) is 0 Å². The van der Waals surface area contributed by atoms with E-state index in [0.717, 1.165) is 37.4 Å². The van der Waals surface area contributed by atoms with Crippen molar-refractivity contribution >= 4 is 11.8 Å². The first-order valence-electron chi connectivity index (χ1n) is 8.63. The normalized spacial score (nSPS) is 16.6. The Morgan fingerprint density at radius 3 is 2.73 bits per heavy atom. The first kappa shape index (κ1) is 18.1. The summed E-state index contributed by atoms with van der Waals surface area (Å²) < 4.78 is 13.4. The molecule has 0 aliphatic carbocycles. The van der Waals surface area contributed by atoms with E-state index in [2.05, 4.69) is 4.57 Å². The smallest absolute Gasteiger partial charge is 0.339 e. The standard InChI is InChI=1S/C19H22N2O5/c1-13-10-17(14(2)21(13)11-16-4-3-9-25-16)18(22)12-26-19(23)15-5-7-20(24)8-6-15/h5-8,10,16H,3-4,9,11-12H2,1-2H3/t16-/m0/s1. The molecule has 0 bridgehead atoms. The lowest BCUT2D eigenvalue weighted by molar-refractivity contribution is -0.605. The number of hydrogen-bond acceptors (Lipinski definition) is 5. The van der Waals surface area contributed by atoms with E-state index >= 15 is 0 Å². The monoisotopic (exact) mass is 358 g/mol. The molecule has 0 amide bonds. The van der Waals surface area contributed by atoms with Crippen LogP contribution >= 0.6 is 0 Å². The lowest BCUT2D eigenvalue weighted by Crippen LogP contribution is -2.24. The van der Waals surface area contributed by atoms with E-state index in [0.29, 0.717) is 10.3 Å². The molecule has 2 aromatic heterocycles.